The van der Waals surface area contributed by atoms with Crippen LogP contribution in [0, 0.1) is 22.3 Å². The van der Waals surface area contributed by atoms with Crippen LogP contribution in [0.15, 0.2) is 11.1 Å². The van der Waals surface area contributed by atoms with E-state index < -0.39 is 8.24 Å². The van der Waals surface area contributed by atoms with Gasteiger partial charge in [-0.2, -0.15) is 0 Å². The van der Waals surface area contributed by atoms with Gasteiger partial charge in [0.05, 0.1) is 0 Å². The standard InChI is InChI=1S/C18H34NSi.C5H11N.3CH3.Ti/c1-6-7-14-20(5,19-18(2,3)4)17-13-12-15-10-8-9-11-16(15)17;1-6-4-2-3-5-6;;;;/h17H,6-14H2,1-5H3;2-5H2,1H3;3*1H3;/q-1;;3*-1;+4/t17?,20-;;;;;/m0...../s1. The van der Waals surface area contributed by atoms with E-state index in [0.717, 1.165) is 5.54 Å². The first-order chi connectivity index (χ1) is 12.2. The van der Waals surface area contributed by atoms with E-state index in [9.17, 15) is 0 Å². The second-order valence-corrected chi connectivity index (χ2v) is 14.3. The van der Waals surface area contributed by atoms with Crippen LogP contribution < -0.4 is 0 Å². The third-order valence-corrected chi connectivity index (χ3v) is 11.2. The van der Waals surface area contributed by atoms with E-state index in [2.05, 4.69) is 46.2 Å². The Morgan fingerprint density at radius 3 is 2.00 bits per heavy atom. The molecule has 2 atom stereocenters. The molecule has 0 radical (unpaired) electrons. The predicted octanol–water partition coefficient (Wildman–Crippen LogP) is 8.63. The molecule has 0 aromatic heterocycles. The van der Waals surface area contributed by atoms with Gasteiger partial charge in [-0.05, 0) is 77.0 Å². The molecule has 2 aliphatic carbocycles. The summed E-state index contributed by atoms with van der Waals surface area (Å²) < 4.78 is 0. The zero-order valence-corrected chi connectivity index (χ0v) is 24.7. The maximum absolute atomic E-state index is 5.46. The molecule has 0 N–H and O–H groups in total. The van der Waals surface area contributed by atoms with Crippen LogP contribution in [0.2, 0.25) is 18.1 Å². The average Bonchev–Trinajstić information content (AvgIpc) is 3.21. The maximum Gasteiger partial charge on any atom is 4.00 e. The zero-order chi connectivity index (χ0) is 19.2. The molecule has 3 aliphatic rings. The summed E-state index contributed by atoms with van der Waals surface area (Å²) in [4.78, 5) is 7.82. The van der Waals surface area contributed by atoms with E-state index in [4.69, 9.17) is 4.98 Å². The molecular weight excluding hydrogens is 416 g/mol. The minimum absolute atomic E-state index is 0. The van der Waals surface area contributed by atoms with Crippen molar-refractivity contribution in [2.24, 2.45) is 0 Å². The van der Waals surface area contributed by atoms with Crippen molar-refractivity contribution in [3.8, 4) is 0 Å². The summed E-state index contributed by atoms with van der Waals surface area (Å²) in [5, 5.41) is 0. The number of likely N-dealkylation sites (tertiary alicyclic amines) is 1. The Balaban J connectivity index is -0.000000634. The van der Waals surface area contributed by atoms with Crippen LogP contribution in [0.4, 0.5) is 0 Å². The van der Waals surface area contributed by atoms with E-state index in [1.165, 1.54) is 83.3 Å². The van der Waals surface area contributed by atoms with Gasteiger partial charge in [-0.1, -0.05) is 72.5 Å². The van der Waals surface area contributed by atoms with E-state index >= 15 is 0 Å². The first-order valence-electron chi connectivity index (χ1n) is 11.4. The van der Waals surface area contributed by atoms with Gasteiger partial charge in [0.25, 0.3) is 0 Å². The van der Waals surface area contributed by atoms with Gasteiger partial charge in [0.1, 0.15) is 0 Å². The molecule has 1 aliphatic heterocycles. The SMILES string of the molecule is CCCC[Si@](C)([N-]C(C)(C)C)C1CCC2=C1CCCC2.CN1CCCC1.[CH3-].[CH3-].[CH3-].[Ti+4]. The average molecular weight is 471 g/mol. The third kappa shape index (κ3) is 10.9. The van der Waals surface area contributed by atoms with Crippen molar-refractivity contribution in [2.75, 3.05) is 20.1 Å². The number of hydrogen-bond donors (Lipinski definition) is 0. The fraction of sp³-hybridized carbons (Fsp3) is 0.808. The van der Waals surface area contributed by atoms with E-state index in [1.807, 2.05) is 11.1 Å². The fourth-order valence-corrected chi connectivity index (χ4v) is 10.4. The van der Waals surface area contributed by atoms with Crippen LogP contribution in [0.1, 0.15) is 91.9 Å². The molecule has 30 heavy (non-hydrogen) atoms. The third-order valence-electron chi connectivity index (χ3n) is 6.49. The minimum Gasteiger partial charge on any atom is -0.659 e. The van der Waals surface area contributed by atoms with Crippen molar-refractivity contribution in [1.29, 1.82) is 0 Å². The molecule has 0 amide bonds. The molecule has 0 aromatic carbocycles. The van der Waals surface area contributed by atoms with Crippen molar-refractivity contribution in [2.45, 2.75) is 116 Å². The maximum atomic E-state index is 5.46. The molecule has 4 heteroatoms. The van der Waals surface area contributed by atoms with Gasteiger partial charge >= 0.3 is 21.7 Å². The summed E-state index contributed by atoms with van der Waals surface area (Å²) in [6, 6.07) is 1.40. The van der Waals surface area contributed by atoms with Gasteiger partial charge in [0.2, 0.25) is 0 Å². The molecule has 1 fully saturated rings. The summed E-state index contributed by atoms with van der Waals surface area (Å²) in [6.45, 7) is 14.5. The summed E-state index contributed by atoms with van der Waals surface area (Å²) in [5.41, 5.74) is 4.76. The van der Waals surface area contributed by atoms with Gasteiger partial charge in [0.15, 0.2) is 0 Å². The fourth-order valence-electron chi connectivity index (χ4n) is 5.36. The smallest absolute Gasteiger partial charge is 0.659 e. The molecule has 176 valence electrons. The van der Waals surface area contributed by atoms with Gasteiger partial charge < -0.3 is 32.2 Å². The quantitative estimate of drug-likeness (QED) is 0.223. The summed E-state index contributed by atoms with van der Waals surface area (Å²) in [5.74, 6) is 0. The molecule has 2 nitrogen and oxygen atoms in total. The van der Waals surface area contributed by atoms with Crippen LogP contribution in [0.3, 0.4) is 0 Å². The number of unbranched alkanes of at least 4 members (excludes halogenated alkanes) is 1. The molecule has 0 bridgehead atoms. The van der Waals surface area contributed by atoms with Crippen molar-refractivity contribution in [3.63, 3.8) is 0 Å². The molecule has 0 spiro atoms. The Hall–Kier alpha value is 0.591. The van der Waals surface area contributed by atoms with Crippen molar-refractivity contribution >= 4 is 8.24 Å². The van der Waals surface area contributed by atoms with Gasteiger partial charge in [-0.25, -0.2) is 0 Å². The second-order valence-electron chi connectivity index (χ2n) is 10.2. The molecule has 1 saturated heterocycles. The molecule has 0 aromatic rings. The van der Waals surface area contributed by atoms with E-state index in [0.29, 0.717) is 0 Å². The molecule has 1 unspecified atom stereocenters. The molecule has 1 heterocycles. The van der Waals surface area contributed by atoms with Crippen LogP contribution in [0.25, 0.3) is 4.98 Å². The number of rotatable bonds is 5. The monoisotopic (exact) mass is 470 g/mol. The Morgan fingerprint density at radius 1 is 0.967 bits per heavy atom. The Morgan fingerprint density at radius 2 is 1.53 bits per heavy atom. The Bertz CT molecular complexity index is 466. The predicted molar refractivity (Wildman–Crippen MR) is 139 cm³/mol. The van der Waals surface area contributed by atoms with Crippen molar-refractivity contribution in [1.82, 2.24) is 4.90 Å². The van der Waals surface area contributed by atoms with Gasteiger partial charge in [-0.15, -0.1) is 5.54 Å². The topological polar surface area (TPSA) is 17.3 Å². The van der Waals surface area contributed by atoms with Crippen LogP contribution in [-0.2, 0) is 21.7 Å². The molecule has 0 saturated carbocycles. The number of hydrogen-bond acceptors (Lipinski definition) is 1. The van der Waals surface area contributed by atoms with E-state index in [-0.39, 0.29) is 49.5 Å². The van der Waals surface area contributed by atoms with Crippen LogP contribution in [0.5, 0.6) is 0 Å². The normalized spacial score (nSPS) is 22.8. The first kappa shape index (κ1) is 35.2. The number of nitrogens with zero attached hydrogens (tertiary/aromatic N) is 2. The zero-order valence-electron chi connectivity index (χ0n) is 22.2. The Kier molecular flexibility index (Phi) is 19.1. The summed E-state index contributed by atoms with van der Waals surface area (Å²) >= 11 is 0. The van der Waals surface area contributed by atoms with E-state index in [1.54, 1.807) is 0 Å². The number of allylic oxidation sites excluding steroid dienone is 2. The van der Waals surface area contributed by atoms with Gasteiger partial charge in [-0.3, -0.25) is 0 Å². The van der Waals surface area contributed by atoms with Crippen LogP contribution >= 0.6 is 0 Å². The first-order valence-corrected chi connectivity index (χ1v) is 14.1. The Labute approximate surface area is 208 Å². The van der Waals surface area contributed by atoms with Gasteiger partial charge in [0, 0.05) is 0 Å². The van der Waals surface area contributed by atoms with Crippen molar-refractivity contribution < 1.29 is 21.7 Å². The summed E-state index contributed by atoms with van der Waals surface area (Å²) in [6.07, 6.45) is 14.0. The molecule has 3 rings (SSSR count). The largest absolute Gasteiger partial charge is 4.00 e. The minimum atomic E-state index is -1.51. The van der Waals surface area contributed by atoms with Crippen molar-refractivity contribution in [3.05, 3.63) is 38.4 Å². The van der Waals surface area contributed by atoms with Crippen LogP contribution in [-0.4, -0.2) is 38.8 Å². The second kappa shape index (κ2) is 16.2. The summed E-state index contributed by atoms with van der Waals surface area (Å²) in [7, 11) is 0.660. The molecular formula is C26H54N2SiTi.